The van der Waals surface area contributed by atoms with Crippen LogP contribution in [0.25, 0.3) is 0 Å². The van der Waals surface area contributed by atoms with Crippen molar-refractivity contribution in [2.75, 3.05) is 40.3 Å². The minimum Gasteiger partial charge on any atom is -0.385 e. The lowest BCUT2D eigenvalue weighted by atomic mass is 9.74. The van der Waals surface area contributed by atoms with Gasteiger partial charge in [-0.05, 0) is 69.7 Å². The Balaban J connectivity index is 1.67. The highest BCUT2D eigenvalue weighted by atomic mass is 35.5. The number of nitrogens with zero attached hydrogens (tertiary/aromatic N) is 1. The molecule has 2 fully saturated rings. The molecule has 3 rings (SSSR count). The topological polar surface area (TPSA) is 103 Å². The molecule has 1 aromatic rings. The summed E-state index contributed by atoms with van der Waals surface area (Å²) >= 11 is 6.33. The van der Waals surface area contributed by atoms with Gasteiger partial charge in [0.2, 0.25) is 5.91 Å². The molecule has 2 aliphatic rings. The number of amides is 3. The van der Waals surface area contributed by atoms with Crippen molar-refractivity contribution in [3.63, 3.8) is 0 Å². The highest BCUT2D eigenvalue weighted by Gasteiger charge is 2.41. The lowest BCUT2D eigenvalue weighted by Crippen LogP contribution is -2.54. The van der Waals surface area contributed by atoms with Gasteiger partial charge >= 0.3 is 6.03 Å². The molecular formula is C30H49ClN4O4. The van der Waals surface area contributed by atoms with Crippen LogP contribution in [-0.4, -0.2) is 74.4 Å². The normalized spacial score (nSPS) is 21.6. The fourth-order valence-corrected chi connectivity index (χ4v) is 6.43. The Labute approximate surface area is 239 Å². The maximum atomic E-state index is 13.4. The first-order chi connectivity index (χ1) is 18.8. The molecule has 1 aromatic carbocycles. The van der Waals surface area contributed by atoms with Crippen molar-refractivity contribution in [2.45, 2.75) is 88.9 Å². The van der Waals surface area contributed by atoms with Crippen LogP contribution in [0.1, 0.15) is 76.7 Å². The Morgan fingerprint density at radius 2 is 1.97 bits per heavy atom. The zero-order valence-electron chi connectivity index (χ0n) is 24.0. The minimum atomic E-state index is -1.17. The van der Waals surface area contributed by atoms with Gasteiger partial charge in [0.05, 0.1) is 5.60 Å². The fourth-order valence-electron chi connectivity index (χ4n) is 6.24. The van der Waals surface area contributed by atoms with Crippen LogP contribution >= 0.6 is 11.6 Å². The van der Waals surface area contributed by atoms with Crippen LogP contribution in [0.3, 0.4) is 0 Å². The van der Waals surface area contributed by atoms with E-state index in [4.69, 9.17) is 16.3 Å². The number of rotatable bonds is 13. The van der Waals surface area contributed by atoms with Crippen LogP contribution < -0.4 is 16.0 Å². The molecule has 8 nitrogen and oxygen atoms in total. The molecule has 4 N–H and O–H groups in total. The summed E-state index contributed by atoms with van der Waals surface area (Å²) in [5, 5.41) is 22.2. The first-order valence-corrected chi connectivity index (χ1v) is 15.1. The predicted octanol–water partition coefficient (Wildman–Crippen LogP) is 4.44. The van der Waals surface area contributed by atoms with Gasteiger partial charge in [-0.2, -0.15) is 0 Å². The number of piperidine rings is 1. The third-order valence-electron chi connectivity index (χ3n) is 8.59. The van der Waals surface area contributed by atoms with E-state index in [9.17, 15) is 14.7 Å². The second-order valence-corrected chi connectivity index (χ2v) is 11.9. The summed E-state index contributed by atoms with van der Waals surface area (Å²) in [5.41, 5.74) is -0.419. The molecule has 39 heavy (non-hydrogen) atoms. The van der Waals surface area contributed by atoms with Gasteiger partial charge in [-0.15, -0.1) is 0 Å². The van der Waals surface area contributed by atoms with Crippen LogP contribution in [0.15, 0.2) is 24.3 Å². The van der Waals surface area contributed by atoms with E-state index in [1.54, 1.807) is 13.0 Å². The molecule has 220 valence electrons. The number of hydrogen-bond donors (Lipinski definition) is 4. The van der Waals surface area contributed by atoms with Gasteiger partial charge < -0.3 is 30.7 Å². The molecule has 0 spiro atoms. The molecule has 0 radical (unpaired) electrons. The Bertz CT molecular complexity index is 913. The molecular weight excluding hydrogens is 516 g/mol. The van der Waals surface area contributed by atoms with Crippen molar-refractivity contribution in [2.24, 2.45) is 11.8 Å². The lowest BCUT2D eigenvalue weighted by Gasteiger charge is -2.43. The average molecular weight is 565 g/mol. The largest absolute Gasteiger partial charge is 0.385 e. The summed E-state index contributed by atoms with van der Waals surface area (Å²) in [6, 6.07) is 7.42. The number of urea groups is 1. The van der Waals surface area contributed by atoms with Gasteiger partial charge in [0.1, 0.15) is 6.10 Å². The summed E-state index contributed by atoms with van der Waals surface area (Å²) in [5.74, 6) is 0.352. The lowest BCUT2D eigenvalue weighted by molar-refractivity contribution is -0.130. The quantitative estimate of drug-likeness (QED) is 0.265. The Morgan fingerprint density at radius 3 is 2.67 bits per heavy atom. The predicted molar refractivity (Wildman–Crippen MR) is 156 cm³/mol. The number of hydrogen-bond acceptors (Lipinski definition) is 5. The van der Waals surface area contributed by atoms with Crippen molar-refractivity contribution in [3.8, 4) is 0 Å². The molecule has 0 bridgehead atoms. The van der Waals surface area contributed by atoms with Crippen LogP contribution in [0, 0.1) is 11.8 Å². The summed E-state index contributed by atoms with van der Waals surface area (Å²) in [6.45, 7) is 4.03. The first-order valence-electron chi connectivity index (χ1n) is 14.8. The number of ether oxygens (including phenoxy) is 1. The van der Waals surface area contributed by atoms with Crippen molar-refractivity contribution in [3.05, 3.63) is 34.9 Å². The van der Waals surface area contributed by atoms with E-state index in [1.807, 2.05) is 30.1 Å². The molecule has 1 aliphatic carbocycles. The van der Waals surface area contributed by atoms with Gasteiger partial charge in [0, 0.05) is 50.3 Å². The Hall–Kier alpha value is -1.87. The molecule has 1 saturated heterocycles. The number of benzene rings is 1. The van der Waals surface area contributed by atoms with Crippen LogP contribution in [0.5, 0.6) is 0 Å². The van der Waals surface area contributed by atoms with Crippen molar-refractivity contribution in [1.82, 2.24) is 20.9 Å². The fraction of sp³-hybridized carbons (Fsp3) is 0.733. The number of nitrogens with one attached hydrogen (secondary N) is 3. The van der Waals surface area contributed by atoms with Crippen molar-refractivity contribution < 1.29 is 19.4 Å². The average Bonchev–Trinajstić information content (AvgIpc) is 2.95. The number of carbonyl (C=O) groups is 2. The second kappa shape index (κ2) is 15.8. The van der Waals surface area contributed by atoms with E-state index < -0.39 is 11.7 Å². The maximum absolute atomic E-state index is 13.4. The first kappa shape index (κ1) is 31.7. The highest BCUT2D eigenvalue weighted by Crippen LogP contribution is 2.40. The van der Waals surface area contributed by atoms with Gasteiger partial charge in [-0.1, -0.05) is 55.8 Å². The maximum Gasteiger partial charge on any atom is 0.317 e. The number of carbonyl (C=O) groups excluding carboxylic acids is 2. The zero-order valence-corrected chi connectivity index (χ0v) is 24.8. The molecule has 4 atom stereocenters. The number of likely N-dealkylation sites (tertiary alicyclic amines) is 1. The molecule has 1 heterocycles. The van der Waals surface area contributed by atoms with Gasteiger partial charge in [0.25, 0.3) is 0 Å². The van der Waals surface area contributed by atoms with Crippen molar-refractivity contribution in [1.29, 1.82) is 0 Å². The number of aliphatic hydroxyl groups is 1. The summed E-state index contributed by atoms with van der Waals surface area (Å²) in [6.07, 6.45) is 9.53. The molecule has 0 unspecified atom stereocenters. The number of halogens is 1. The third-order valence-corrected chi connectivity index (χ3v) is 8.82. The van der Waals surface area contributed by atoms with Crippen LogP contribution in [0.2, 0.25) is 5.02 Å². The second-order valence-electron chi connectivity index (χ2n) is 11.4. The molecule has 1 saturated carbocycles. The zero-order chi connectivity index (χ0) is 28.3. The Morgan fingerprint density at radius 1 is 1.21 bits per heavy atom. The van der Waals surface area contributed by atoms with Gasteiger partial charge in [-0.25, -0.2) is 4.79 Å². The Kier molecular flexibility index (Phi) is 12.8. The van der Waals surface area contributed by atoms with E-state index in [2.05, 4.69) is 16.0 Å². The van der Waals surface area contributed by atoms with Crippen molar-refractivity contribution >= 4 is 23.5 Å². The van der Waals surface area contributed by atoms with Gasteiger partial charge in [0.15, 0.2) is 0 Å². The number of methoxy groups -OCH3 is 1. The minimum absolute atomic E-state index is 0.0509. The van der Waals surface area contributed by atoms with Crippen LogP contribution in [0.4, 0.5) is 4.79 Å². The number of likely N-dealkylation sites (N-methyl/N-ethyl adjacent to an activating group) is 1. The van der Waals surface area contributed by atoms with E-state index in [0.717, 1.165) is 31.4 Å². The monoisotopic (exact) mass is 564 g/mol. The van der Waals surface area contributed by atoms with Crippen LogP contribution in [-0.2, 0) is 15.1 Å². The summed E-state index contributed by atoms with van der Waals surface area (Å²) < 4.78 is 5.08. The molecule has 1 aliphatic heterocycles. The SMILES string of the molecule is CNC[C@H](CC1CCCCC1)NC(=O)N1CCC[C@@H]([C@@](O)(CCCNC(=O)[C@@H](C)OC)c2cccc(Cl)c2)C1. The molecule has 3 amide bonds. The summed E-state index contributed by atoms with van der Waals surface area (Å²) in [4.78, 5) is 27.4. The van der Waals surface area contributed by atoms with E-state index in [1.165, 1.54) is 39.2 Å². The third kappa shape index (κ3) is 9.34. The molecule has 0 aromatic heterocycles. The smallest absolute Gasteiger partial charge is 0.317 e. The summed E-state index contributed by atoms with van der Waals surface area (Å²) in [7, 11) is 3.44. The van der Waals surface area contributed by atoms with E-state index in [-0.39, 0.29) is 23.9 Å². The molecule has 9 heteroatoms. The van der Waals surface area contributed by atoms with E-state index >= 15 is 0 Å². The standard InChI is InChI=1S/C30H49ClN4O4/c1-22(39-3)28(36)33-16-9-15-30(38,24-12-7-14-26(31)19-24)25-13-8-17-35(21-25)29(37)34-27(20-32-2)18-23-10-5-4-6-11-23/h7,12,14,19,22-23,25,27,32,38H,4-6,8-11,13,15-18,20-21H2,1-3H3,(H,33,36)(H,34,37)/t22-,25-,27+,30-/m1/s1. The highest BCUT2D eigenvalue weighted by molar-refractivity contribution is 6.30. The van der Waals surface area contributed by atoms with E-state index in [0.29, 0.717) is 43.4 Å². The van der Waals surface area contributed by atoms with Gasteiger partial charge in [-0.3, -0.25) is 4.79 Å².